The lowest BCUT2D eigenvalue weighted by atomic mass is 9.77. The molecule has 0 bridgehead atoms. The number of nitrogens with zero attached hydrogens (tertiary/aromatic N) is 4. The Kier molecular flexibility index (Phi) is 6.72. The number of halogens is 1. The van der Waals surface area contributed by atoms with E-state index in [1.165, 1.54) is 6.07 Å². The van der Waals surface area contributed by atoms with Gasteiger partial charge in [0.2, 0.25) is 5.91 Å². The van der Waals surface area contributed by atoms with Gasteiger partial charge in [0.25, 0.3) is 5.91 Å². The van der Waals surface area contributed by atoms with Crippen LogP contribution >= 0.6 is 0 Å². The molecule has 4 heterocycles. The summed E-state index contributed by atoms with van der Waals surface area (Å²) in [6.07, 6.45) is 5.45. The monoisotopic (exact) mass is 533 g/mol. The van der Waals surface area contributed by atoms with Gasteiger partial charge in [0.15, 0.2) is 0 Å². The van der Waals surface area contributed by atoms with Gasteiger partial charge in [0.05, 0.1) is 37.6 Å². The molecule has 0 unspecified atom stereocenters. The second-order valence-corrected chi connectivity index (χ2v) is 10.4. The summed E-state index contributed by atoms with van der Waals surface area (Å²) >= 11 is 0. The molecule has 0 radical (unpaired) electrons. The number of benzene rings is 2. The van der Waals surface area contributed by atoms with Crippen molar-refractivity contribution >= 4 is 23.2 Å². The first-order valence-electron chi connectivity index (χ1n) is 13.4. The van der Waals surface area contributed by atoms with Crippen LogP contribution in [-0.4, -0.2) is 80.0 Å². The Morgan fingerprint density at radius 3 is 2.51 bits per heavy atom. The largest absolute Gasteiger partial charge is 0.496 e. The van der Waals surface area contributed by atoms with E-state index in [-0.39, 0.29) is 11.8 Å². The lowest BCUT2D eigenvalue weighted by molar-refractivity contribution is -0.127. The molecule has 0 saturated carbocycles. The Morgan fingerprint density at radius 2 is 1.82 bits per heavy atom. The number of nitrogens with one attached hydrogen (secondary N) is 1. The molecule has 3 aromatic rings. The number of hydrogen-bond donors (Lipinski definition) is 1. The summed E-state index contributed by atoms with van der Waals surface area (Å²) in [7, 11) is 1.62. The molecule has 204 valence electrons. The lowest BCUT2D eigenvalue weighted by Gasteiger charge is -2.38. The first kappa shape index (κ1) is 25.4. The van der Waals surface area contributed by atoms with E-state index >= 15 is 0 Å². The molecule has 0 aliphatic carbocycles. The van der Waals surface area contributed by atoms with E-state index < -0.39 is 11.2 Å². The van der Waals surface area contributed by atoms with Crippen LogP contribution in [-0.2, 0) is 9.53 Å². The number of morpholine rings is 1. The smallest absolute Gasteiger partial charge is 0.253 e. The Morgan fingerprint density at radius 1 is 1.05 bits per heavy atom. The molecule has 3 aliphatic rings. The van der Waals surface area contributed by atoms with Gasteiger partial charge >= 0.3 is 0 Å². The second-order valence-electron chi connectivity index (χ2n) is 10.4. The van der Waals surface area contributed by atoms with Crippen LogP contribution in [0, 0.1) is 11.2 Å². The van der Waals surface area contributed by atoms with Crippen molar-refractivity contribution in [3.05, 3.63) is 60.2 Å². The van der Waals surface area contributed by atoms with Crippen LogP contribution in [0.25, 0.3) is 11.1 Å². The maximum Gasteiger partial charge on any atom is 0.253 e. The quantitative estimate of drug-likeness (QED) is 0.538. The fourth-order valence-corrected chi connectivity index (χ4v) is 6.04. The molecule has 39 heavy (non-hydrogen) atoms. The maximum absolute atomic E-state index is 14.9. The van der Waals surface area contributed by atoms with E-state index in [2.05, 4.69) is 10.2 Å². The zero-order valence-electron chi connectivity index (χ0n) is 22.0. The molecule has 3 fully saturated rings. The van der Waals surface area contributed by atoms with E-state index in [0.717, 1.165) is 23.2 Å². The number of ether oxygens (including phenoxy) is 2. The number of piperidine rings is 1. The van der Waals surface area contributed by atoms with E-state index in [0.29, 0.717) is 75.8 Å². The molecule has 3 saturated heterocycles. The zero-order chi connectivity index (χ0) is 27.0. The number of aromatic nitrogens is 2. The van der Waals surface area contributed by atoms with Crippen LogP contribution in [0.3, 0.4) is 0 Å². The minimum atomic E-state index is -0.487. The predicted octanol–water partition coefficient (Wildman–Crippen LogP) is 3.72. The van der Waals surface area contributed by atoms with Crippen molar-refractivity contribution < 1.29 is 23.5 Å². The summed E-state index contributed by atoms with van der Waals surface area (Å²) in [4.78, 5) is 32.4. The number of H-pyrrole nitrogens is 1. The van der Waals surface area contributed by atoms with Crippen molar-refractivity contribution in [2.24, 2.45) is 5.41 Å². The molecule has 9 nitrogen and oxygen atoms in total. The number of rotatable bonds is 5. The summed E-state index contributed by atoms with van der Waals surface area (Å²) < 4.78 is 25.9. The normalized spacial score (nSPS) is 19.1. The van der Waals surface area contributed by atoms with Crippen molar-refractivity contribution in [3.63, 3.8) is 0 Å². The minimum Gasteiger partial charge on any atom is -0.496 e. The number of amides is 2. The number of hydrogen-bond acceptors (Lipinski definition) is 6. The van der Waals surface area contributed by atoms with E-state index in [1.807, 2.05) is 28.0 Å². The van der Waals surface area contributed by atoms with Gasteiger partial charge in [-0.1, -0.05) is 0 Å². The molecule has 2 amide bonds. The average molecular weight is 534 g/mol. The van der Waals surface area contributed by atoms with Gasteiger partial charge in [-0.25, -0.2) is 4.39 Å². The van der Waals surface area contributed by atoms with Crippen LogP contribution in [0.5, 0.6) is 5.75 Å². The third kappa shape index (κ3) is 4.63. The summed E-state index contributed by atoms with van der Waals surface area (Å²) in [5.74, 6) is 0.176. The number of methoxy groups -OCH3 is 1. The second kappa shape index (κ2) is 10.3. The summed E-state index contributed by atoms with van der Waals surface area (Å²) in [5, 5.41) is 6.82. The maximum atomic E-state index is 14.9. The van der Waals surface area contributed by atoms with Crippen molar-refractivity contribution in [3.8, 4) is 16.9 Å². The van der Waals surface area contributed by atoms with Gasteiger partial charge < -0.3 is 24.2 Å². The van der Waals surface area contributed by atoms with Crippen LogP contribution in [0.1, 0.15) is 29.6 Å². The molecule has 1 N–H and O–H groups in total. The summed E-state index contributed by atoms with van der Waals surface area (Å²) in [5.41, 5.74) is 2.96. The van der Waals surface area contributed by atoms with Crippen LogP contribution in [0.4, 0.5) is 15.8 Å². The molecule has 0 atom stereocenters. The number of carbonyl (C=O) groups is 2. The molecule has 2 aromatic carbocycles. The number of anilines is 2. The van der Waals surface area contributed by atoms with Gasteiger partial charge in [0.1, 0.15) is 11.6 Å². The number of likely N-dealkylation sites (tertiary alicyclic amines) is 1. The first-order valence-corrected chi connectivity index (χ1v) is 13.4. The SMILES string of the molecule is COc1cc(N2CCC3(CCN(C(=O)c4ccc(N5CCOCC5)c(F)c4)CC3)C2=O)ccc1-c1cn[nH]c1. The highest BCUT2D eigenvalue weighted by atomic mass is 19.1. The Labute approximate surface area is 226 Å². The number of aromatic amines is 1. The standard InChI is InChI=1S/C29H32FN5O4/c1-38-26-17-22(3-4-23(26)21-18-31-32-19-21)35-11-8-29(28(35)37)6-9-34(10-7-29)27(36)20-2-5-25(24(30)16-20)33-12-14-39-15-13-33/h2-5,16-19H,6-15H2,1H3,(H,31,32). The van der Waals surface area contributed by atoms with Gasteiger partial charge in [-0.15, -0.1) is 0 Å². The van der Waals surface area contributed by atoms with Crippen LogP contribution in [0.2, 0.25) is 0 Å². The summed E-state index contributed by atoms with van der Waals surface area (Å²) in [6, 6.07) is 10.5. The Hall–Kier alpha value is -3.92. The molecule has 6 rings (SSSR count). The molecule has 3 aliphatic heterocycles. The molecule has 10 heteroatoms. The first-order chi connectivity index (χ1) is 19.0. The van der Waals surface area contributed by atoms with Crippen molar-refractivity contribution in [1.82, 2.24) is 15.1 Å². The van der Waals surface area contributed by atoms with E-state index in [4.69, 9.17) is 9.47 Å². The van der Waals surface area contributed by atoms with Crippen molar-refractivity contribution in [1.29, 1.82) is 0 Å². The topological polar surface area (TPSA) is 91.0 Å². The lowest BCUT2D eigenvalue weighted by Crippen LogP contribution is -2.46. The minimum absolute atomic E-state index is 0.0913. The van der Waals surface area contributed by atoms with Crippen LogP contribution < -0.4 is 14.5 Å². The fraction of sp³-hybridized carbons (Fsp3) is 0.414. The molecule has 1 aromatic heterocycles. The van der Waals surface area contributed by atoms with Crippen molar-refractivity contribution in [2.45, 2.75) is 19.3 Å². The molecular weight excluding hydrogens is 501 g/mol. The van der Waals surface area contributed by atoms with Gasteiger partial charge in [-0.3, -0.25) is 14.7 Å². The van der Waals surface area contributed by atoms with E-state index in [1.54, 1.807) is 36.5 Å². The van der Waals surface area contributed by atoms with Gasteiger partial charge in [-0.05, 0) is 49.6 Å². The average Bonchev–Trinajstić information content (AvgIpc) is 3.62. The van der Waals surface area contributed by atoms with Gasteiger partial charge in [-0.2, -0.15) is 5.10 Å². The highest BCUT2D eigenvalue weighted by Crippen LogP contribution is 2.44. The molecular formula is C29H32FN5O4. The molecule has 1 spiro atoms. The summed E-state index contributed by atoms with van der Waals surface area (Å²) in [6.45, 7) is 3.94. The third-order valence-electron chi connectivity index (χ3n) is 8.37. The van der Waals surface area contributed by atoms with Gasteiger partial charge in [0, 0.05) is 67.4 Å². The number of carbonyl (C=O) groups excluding carboxylic acids is 2. The highest BCUT2D eigenvalue weighted by molar-refractivity contribution is 6.01. The van der Waals surface area contributed by atoms with Crippen LogP contribution in [0.15, 0.2) is 48.8 Å². The zero-order valence-corrected chi connectivity index (χ0v) is 22.0. The Bertz CT molecular complexity index is 1360. The third-order valence-corrected chi connectivity index (χ3v) is 8.37. The van der Waals surface area contributed by atoms with Crippen molar-refractivity contribution in [2.75, 3.05) is 62.8 Å². The Balaban J connectivity index is 1.12. The van der Waals surface area contributed by atoms with E-state index in [9.17, 15) is 14.0 Å². The highest BCUT2D eigenvalue weighted by Gasteiger charge is 2.49. The predicted molar refractivity (Wildman–Crippen MR) is 145 cm³/mol. The fourth-order valence-electron chi connectivity index (χ4n) is 6.04.